The van der Waals surface area contributed by atoms with Crippen molar-refractivity contribution in [2.75, 3.05) is 30.8 Å². The first-order valence-electron chi connectivity index (χ1n) is 7.37. The molecule has 0 radical (unpaired) electrons. The summed E-state index contributed by atoms with van der Waals surface area (Å²) in [6, 6.07) is 4.28. The molecular formula is C15H19F3N2O2S. The Bertz CT molecular complexity index is 520. The highest BCUT2D eigenvalue weighted by molar-refractivity contribution is 7.99. The highest BCUT2D eigenvalue weighted by Crippen LogP contribution is 2.34. The van der Waals surface area contributed by atoms with Gasteiger partial charge in [0.1, 0.15) is 0 Å². The smallest absolute Gasteiger partial charge is 0.381 e. The van der Waals surface area contributed by atoms with Gasteiger partial charge < -0.3 is 15.4 Å². The van der Waals surface area contributed by atoms with E-state index in [9.17, 15) is 18.0 Å². The molecule has 1 fully saturated rings. The van der Waals surface area contributed by atoms with Gasteiger partial charge in [0.05, 0.1) is 11.3 Å². The number of anilines is 1. The fraction of sp³-hybridized carbons (Fsp3) is 0.533. The van der Waals surface area contributed by atoms with Crippen molar-refractivity contribution in [1.82, 2.24) is 5.32 Å². The maximum Gasteiger partial charge on any atom is 0.418 e. The van der Waals surface area contributed by atoms with Crippen LogP contribution in [-0.4, -0.2) is 36.8 Å². The predicted molar refractivity (Wildman–Crippen MR) is 84.8 cm³/mol. The molecule has 2 amide bonds. The average molecular weight is 348 g/mol. The molecule has 8 heteroatoms. The van der Waals surface area contributed by atoms with Gasteiger partial charge in [0.2, 0.25) is 0 Å². The van der Waals surface area contributed by atoms with Gasteiger partial charge in [0.25, 0.3) is 0 Å². The van der Waals surface area contributed by atoms with Gasteiger partial charge in [0, 0.05) is 30.8 Å². The number of ether oxygens (including phenoxy) is 1. The number of hydrogen-bond donors (Lipinski definition) is 2. The van der Waals surface area contributed by atoms with Crippen LogP contribution in [0.3, 0.4) is 0 Å². The van der Waals surface area contributed by atoms with Crippen LogP contribution in [0, 0.1) is 0 Å². The van der Waals surface area contributed by atoms with E-state index in [2.05, 4.69) is 10.6 Å². The van der Waals surface area contributed by atoms with Crippen LogP contribution in [0.1, 0.15) is 18.4 Å². The summed E-state index contributed by atoms with van der Waals surface area (Å²) in [5.74, 6) is 0.721. The molecule has 0 spiro atoms. The lowest BCUT2D eigenvalue weighted by atomic mass is 10.1. The van der Waals surface area contributed by atoms with Crippen molar-refractivity contribution in [2.24, 2.45) is 0 Å². The summed E-state index contributed by atoms with van der Waals surface area (Å²) in [5, 5.41) is 5.36. The number of carbonyl (C=O) groups is 1. The van der Waals surface area contributed by atoms with Crippen molar-refractivity contribution in [3.05, 3.63) is 29.8 Å². The third kappa shape index (κ3) is 5.95. The first-order valence-corrected chi connectivity index (χ1v) is 8.42. The van der Waals surface area contributed by atoms with Gasteiger partial charge in [-0.15, -0.1) is 0 Å². The minimum absolute atomic E-state index is 0.241. The van der Waals surface area contributed by atoms with Gasteiger partial charge in [0.15, 0.2) is 0 Å². The number of thioether (sulfide) groups is 1. The Kier molecular flexibility index (Phi) is 6.59. The summed E-state index contributed by atoms with van der Waals surface area (Å²) >= 11 is 1.75. The predicted octanol–water partition coefficient (Wildman–Crippen LogP) is 3.74. The Labute approximate surface area is 137 Å². The number of halogens is 3. The molecule has 0 aromatic heterocycles. The second-order valence-corrected chi connectivity index (χ2v) is 6.52. The van der Waals surface area contributed by atoms with Gasteiger partial charge in [-0.25, -0.2) is 4.79 Å². The Morgan fingerprint density at radius 3 is 2.65 bits per heavy atom. The molecule has 2 rings (SSSR count). The maximum atomic E-state index is 12.8. The van der Waals surface area contributed by atoms with Crippen LogP contribution in [0.25, 0.3) is 0 Å². The summed E-state index contributed by atoms with van der Waals surface area (Å²) in [4.78, 5) is 11.7. The highest BCUT2D eigenvalue weighted by Gasteiger charge is 2.33. The summed E-state index contributed by atoms with van der Waals surface area (Å²) in [5.41, 5.74) is -1.10. The Morgan fingerprint density at radius 2 is 1.96 bits per heavy atom. The number of benzene rings is 1. The van der Waals surface area contributed by atoms with Gasteiger partial charge in [-0.1, -0.05) is 12.1 Å². The number of rotatable bonds is 5. The minimum Gasteiger partial charge on any atom is -0.381 e. The highest BCUT2D eigenvalue weighted by atomic mass is 32.2. The lowest BCUT2D eigenvalue weighted by Gasteiger charge is -2.21. The molecule has 1 saturated heterocycles. The molecule has 1 aromatic carbocycles. The number of amides is 2. The quantitative estimate of drug-likeness (QED) is 0.797. The van der Waals surface area contributed by atoms with E-state index >= 15 is 0 Å². The van der Waals surface area contributed by atoms with E-state index < -0.39 is 17.8 Å². The Hall–Kier alpha value is -1.41. The van der Waals surface area contributed by atoms with Crippen LogP contribution in [0.4, 0.5) is 23.7 Å². The van der Waals surface area contributed by atoms with Crippen molar-refractivity contribution in [2.45, 2.75) is 24.3 Å². The molecule has 0 bridgehead atoms. The first kappa shape index (κ1) is 17.9. The largest absolute Gasteiger partial charge is 0.418 e. The van der Waals surface area contributed by atoms with Gasteiger partial charge in [-0.2, -0.15) is 24.9 Å². The fourth-order valence-corrected chi connectivity index (χ4v) is 3.32. The molecule has 1 aliphatic heterocycles. The standard InChI is InChI=1S/C15H19F3N2O2S/c16-15(17,18)12-3-1-2-4-13(12)20-14(21)19-7-10-23-11-5-8-22-9-6-11/h1-4,11H,5-10H2,(H2,19,20,21). The fourth-order valence-electron chi connectivity index (χ4n) is 2.24. The number of urea groups is 1. The zero-order valence-corrected chi connectivity index (χ0v) is 13.3. The monoisotopic (exact) mass is 348 g/mol. The van der Waals surface area contributed by atoms with Gasteiger partial charge in [-0.3, -0.25) is 0 Å². The van der Waals surface area contributed by atoms with Crippen LogP contribution in [0.15, 0.2) is 24.3 Å². The van der Waals surface area contributed by atoms with Crippen LogP contribution < -0.4 is 10.6 Å². The molecule has 1 aromatic rings. The van der Waals surface area contributed by atoms with E-state index in [4.69, 9.17) is 4.74 Å². The second-order valence-electron chi connectivity index (χ2n) is 5.11. The molecule has 0 saturated carbocycles. The summed E-state index contributed by atoms with van der Waals surface area (Å²) < 4.78 is 43.7. The second kappa shape index (κ2) is 8.44. The zero-order valence-electron chi connectivity index (χ0n) is 12.5. The van der Waals surface area contributed by atoms with E-state index in [0.717, 1.165) is 37.9 Å². The van der Waals surface area contributed by atoms with E-state index in [-0.39, 0.29) is 5.69 Å². The van der Waals surface area contributed by atoms with Crippen molar-refractivity contribution >= 4 is 23.5 Å². The molecule has 128 valence electrons. The molecular weight excluding hydrogens is 329 g/mol. The molecule has 1 heterocycles. The van der Waals surface area contributed by atoms with E-state index in [1.54, 1.807) is 11.8 Å². The Balaban J connectivity index is 1.74. The van der Waals surface area contributed by atoms with Crippen LogP contribution in [0.5, 0.6) is 0 Å². The number of carbonyl (C=O) groups excluding carboxylic acids is 1. The van der Waals surface area contributed by atoms with E-state index in [1.807, 2.05) is 0 Å². The third-order valence-electron chi connectivity index (χ3n) is 3.39. The van der Waals surface area contributed by atoms with Gasteiger partial charge >= 0.3 is 12.2 Å². The zero-order chi connectivity index (χ0) is 16.7. The molecule has 1 aliphatic rings. The molecule has 0 atom stereocenters. The average Bonchev–Trinajstić information content (AvgIpc) is 2.52. The normalized spacial score (nSPS) is 16.1. The van der Waals surface area contributed by atoms with Crippen molar-refractivity contribution in [3.8, 4) is 0 Å². The summed E-state index contributed by atoms with van der Waals surface area (Å²) in [6.07, 6.45) is -2.51. The van der Waals surface area contributed by atoms with Crippen LogP contribution in [0.2, 0.25) is 0 Å². The number of nitrogens with one attached hydrogen (secondary N) is 2. The van der Waals surface area contributed by atoms with Crippen molar-refractivity contribution < 1.29 is 22.7 Å². The molecule has 23 heavy (non-hydrogen) atoms. The Morgan fingerprint density at radius 1 is 1.26 bits per heavy atom. The first-order chi connectivity index (χ1) is 11.0. The summed E-state index contributed by atoms with van der Waals surface area (Å²) in [6.45, 7) is 1.93. The topological polar surface area (TPSA) is 50.4 Å². The third-order valence-corrected chi connectivity index (χ3v) is 4.77. The molecule has 0 aliphatic carbocycles. The van der Waals surface area contributed by atoms with E-state index in [1.165, 1.54) is 18.2 Å². The molecule has 4 nitrogen and oxygen atoms in total. The van der Waals surface area contributed by atoms with Gasteiger partial charge in [-0.05, 0) is 25.0 Å². The van der Waals surface area contributed by atoms with E-state index in [0.29, 0.717) is 11.8 Å². The van der Waals surface area contributed by atoms with Crippen LogP contribution >= 0.6 is 11.8 Å². The minimum atomic E-state index is -4.50. The lowest BCUT2D eigenvalue weighted by Crippen LogP contribution is -2.32. The number of hydrogen-bond acceptors (Lipinski definition) is 3. The molecule has 0 unspecified atom stereocenters. The molecule has 2 N–H and O–H groups in total. The number of alkyl halides is 3. The summed E-state index contributed by atoms with van der Waals surface area (Å²) in [7, 11) is 0. The maximum absolute atomic E-state index is 12.8. The SMILES string of the molecule is O=C(NCCSC1CCOCC1)Nc1ccccc1C(F)(F)F. The van der Waals surface area contributed by atoms with Crippen molar-refractivity contribution in [3.63, 3.8) is 0 Å². The van der Waals surface area contributed by atoms with Crippen molar-refractivity contribution in [1.29, 1.82) is 0 Å². The lowest BCUT2D eigenvalue weighted by molar-refractivity contribution is -0.136. The number of para-hydroxylation sites is 1. The van der Waals surface area contributed by atoms with Crippen LogP contribution in [-0.2, 0) is 10.9 Å².